The van der Waals surface area contributed by atoms with E-state index < -0.39 is 17.7 Å². The Labute approximate surface area is 178 Å². The molecule has 0 saturated carbocycles. The van der Waals surface area contributed by atoms with Crippen molar-refractivity contribution >= 4 is 33.9 Å². The van der Waals surface area contributed by atoms with Crippen molar-refractivity contribution in [2.24, 2.45) is 0 Å². The van der Waals surface area contributed by atoms with Crippen LogP contribution in [-0.2, 0) is 16.1 Å². The first-order valence-corrected chi connectivity index (χ1v) is 10.4. The third-order valence-corrected chi connectivity index (χ3v) is 4.93. The molecule has 1 aromatic heterocycles. The van der Waals surface area contributed by atoms with Gasteiger partial charge < -0.3 is 4.74 Å². The Bertz CT molecular complexity index is 877. The third-order valence-electron chi connectivity index (χ3n) is 4.44. The van der Waals surface area contributed by atoms with Crippen LogP contribution in [0.15, 0.2) is 35.1 Å². The van der Waals surface area contributed by atoms with Gasteiger partial charge in [0.15, 0.2) is 0 Å². The molecule has 0 unspecified atom stereocenters. The van der Waals surface area contributed by atoms with E-state index >= 15 is 0 Å². The highest BCUT2D eigenvalue weighted by Crippen LogP contribution is 2.21. The summed E-state index contributed by atoms with van der Waals surface area (Å²) in [6.45, 7) is 6.47. The van der Waals surface area contributed by atoms with Gasteiger partial charge in [-0.05, 0) is 57.7 Å². The Morgan fingerprint density at radius 3 is 2.83 bits per heavy atom. The number of nitrogens with one attached hydrogen (secondary N) is 1. The van der Waals surface area contributed by atoms with Crippen molar-refractivity contribution < 1.29 is 14.3 Å². The minimum Gasteiger partial charge on any atom is -0.444 e. The number of nitrogens with zero attached hydrogens (tertiary/aromatic N) is 4. The topological polar surface area (TPSA) is 89.4 Å². The maximum Gasteiger partial charge on any atom is 0.410 e. The number of amides is 2. The minimum atomic E-state index is -0.609. The van der Waals surface area contributed by atoms with Crippen LogP contribution in [-0.4, -0.2) is 49.9 Å². The van der Waals surface area contributed by atoms with Crippen molar-refractivity contribution in [1.29, 1.82) is 0 Å². The number of hydrogen-bond donors (Lipinski definition) is 1. The molecule has 0 aliphatic carbocycles. The maximum atomic E-state index is 12.8. The zero-order valence-corrected chi connectivity index (χ0v) is 18.5. The summed E-state index contributed by atoms with van der Waals surface area (Å²) in [5, 5.41) is 7.06. The van der Waals surface area contributed by atoms with E-state index in [2.05, 4.69) is 31.3 Å². The fourth-order valence-electron chi connectivity index (χ4n) is 3.19. The van der Waals surface area contributed by atoms with Gasteiger partial charge in [-0.15, -0.1) is 5.10 Å². The van der Waals surface area contributed by atoms with Crippen LogP contribution in [0.5, 0.6) is 0 Å². The molecule has 9 heteroatoms. The van der Waals surface area contributed by atoms with Gasteiger partial charge >= 0.3 is 6.09 Å². The molecule has 1 aliphatic heterocycles. The smallest absolute Gasteiger partial charge is 0.410 e. The van der Waals surface area contributed by atoms with E-state index in [4.69, 9.17) is 4.74 Å². The van der Waals surface area contributed by atoms with Crippen molar-refractivity contribution in [2.75, 3.05) is 11.9 Å². The average molecular weight is 464 g/mol. The molecule has 0 bridgehead atoms. The monoisotopic (exact) mass is 463 g/mol. The van der Waals surface area contributed by atoms with Gasteiger partial charge in [0, 0.05) is 11.0 Å². The molecule has 1 N–H and O–H groups in total. The number of anilines is 1. The van der Waals surface area contributed by atoms with Crippen LogP contribution in [0.4, 0.5) is 10.7 Å². The molecule has 3 rings (SSSR count). The first-order chi connectivity index (χ1) is 13.7. The number of likely N-dealkylation sites (tertiary alicyclic amines) is 1. The molecule has 1 aliphatic rings. The normalized spacial score (nSPS) is 17.1. The van der Waals surface area contributed by atoms with Crippen LogP contribution in [0, 0.1) is 0 Å². The van der Waals surface area contributed by atoms with Crippen molar-refractivity contribution in [3.63, 3.8) is 0 Å². The third kappa shape index (κ3) is 6.03. The van der Waals surface area contributed by atoms with Crippen LogP contribution in [0.2, 0.25) is 0 Å². The minimum absolute atomic E-state index is 0.222. The average Bonchev–Trinajstić information content (AvgIpc) is 3.07. The molecule has 1 atom stereocenters. The van der Waals surface area contributed by atoms with Crippen LogP contribution < -0.4 is 5.32 Å². The van der Waals surface area contributed by atoms with E-state index in [0.29, 0.717) is 19.5 Å². The Kier molecular flexibility index (Phi) is 6.56. The number of carbonyl (C=O) groups excluding carboxylic acids is 2. The lowest BCUT2D eigenvalue weighted by Crippen LogP contribution is -2.51. The summed E-state index contributed by atoms with van der Waals surface area (Å²) >= 11 is 3.45. The van der Waals surface area contributed by atoms with Crippen LogP contribution in [0.25, 0.3) is 0 Å². The van der Waals surface area contributed by atoms with E-state index in [1.54, 1.807) is 11.0 Å². The SMILES string of the molecule is CC(C)(C)OC(=O)N1CCCC[C@@H]1C(=O)Nc1ncn(Cc2cccc(Br)c2)n1. The molecule has 2 heterocycles. The van der Waals surface area contributed by atoms with E-state index in [1.807, 2.05) is 45.0 Å². The highest BCUT2D eigenvalue weighted by molar-refractivity contribution is 9.10. The van der Waals surface area contributed by atoms with Gasteiger partial charge in [0.1, 0.15) is 18.0 Å². The predicted molar refractivity (Wildman–Crippen MR) is 112 cm³/mol. The molecular weight excluding hydrogens is 438 g/mol. The molecule has 0 spiro atoms. The Morgan fingerprint density at radius 2 is 2.10 bits per heavy atom. The van der Waals surface area contributed by atoms with Gasteiger partial charge in [-0.25, -0.2) is 14.5 Å². The maximum absolute atomic E-state index is 12.8. The Balaban J connectivity index is 1.64. The summed E-state index contributed by atoms with van der Waals surface area (Å²) < 4.78 is 8.10. The van der Waals surface area contributed by atoms with E-state index in [1.165, 1.54) is 4.90 Å². The Hall–Kier alpha value is -2.42. The second-order valence-corrected chi connectivity index (χ2v) is 8.99. The van der Waals surface area contributed by atoms with E-state index in [9.17, 15) is 9.59 Å². The molecule has 1 fully saturated rings. The number of rotatable bonds is 4. The lowest BCUT2D eigenvalue weighted by Gasteiger charge is -2.35. The van der Waals surface area contributed by atoms with Gasteiger partial charge in [-0.2, -0.15) is 0 Å². The lowest BCUT2D eigenvalue weighted by atomic mass is 10.0. The highest BCUT2D eigenvalue weighted by atomic mass is 79.9. The predicted octanol–water partition coefficient (Wildman–Crippen LogP) is 3.82. The Morgan fingerprint density at radius 1 is 1.31 bits per heavy atom. The number of hydrogen-bond acceptors (Lipinski definition) is 5. The first-order valence-electron chi connectivity index (χ1n) is 9.66. The largest absolute Gasteiger partial charge is 0.444 e. The summed E-state index contributed by atoms with van der Waals surface area (Å²) in [6.07, 6.45) is 3.42. The van der Waals surface area contributed by atoms with Crippen LogP contribution >= 0.6 is 15.9 Å². The second kappa shape index (κ2) is 8.94. The number of benzene rings is 1. The molecule has 2 amide bonds. The first kappa shape index (κ1) is 21.3. The summed E-state index contributed by atoms with van der Waals surface area (Å²) in [7, 11) is 0. The van der Waals surface area contributed by atoms with Crippen LogP contribution in [0.3, 0.4) is 0 Å². The number of halogens is 1. The van der Waals surface area contributed by atoms with Gasteiger partial charge in [-0.3, -0.25) is 15.0 Å². The molecule has 1 saturated heterocycles. The highest BCUT2D eigenvalue weighted by Gasteiger charge is 2.35. The number of carbonyl (C=O) groups is 2. The fourth-order valence-corrected chi connectivity index (χ4v) is 3.63. The second-order valence-electron chi connectivity index (χ2n) is 8.07. The molecular formula is C20H26BrN5O3. The van der Waals surface area contributed by atoms with Gasteiger partial charge in [-0.1, -0.05) is 28.1 Å². The lowest BCUT2D eigenvalue weighted by molar-refractivity contribution is -0.122. The summed E-state index contributed by atoms with van der Waals surface area (Å²) in [5.74, 6) is -0.0736. The summed E-state index contributed by atoms with van der Waals surface area (Å²) in [6, 6.07) is 7.31. The fraction of sp³-hybridized carbons (Fsp3) is 0.500. The zero-order chi connectivity index (χ0) is 21.0. The quantitative estimate of drug-likeness (QED) is 0.743. The molecule has 2 aromatic rings. The molecule has 8 nitrogen and oxygen atoms in total. The van der Waals surface area contributed by atoms with Crippen molar-refractivity contribution in [2.45, 2.75) is 58.2 Å². The number of ether oxygens (including phenoxy) is 1. The van der Waals surface area contributed by atoms with Crippen molar-refractivity contribution in [3.8, 4) is 0 Å². The van der Waals surface area contributed by atoms with Gasteiger partial charge in [0.2, 0.25) is 11.9 Å². The van der Waals surface area contributed by atoms with Crippen molar-refractivity contribution in [3.05, 3.63) is 40.6 Å². The standard InChI is InChI=1S/C20H26BrN5O3/c1-20(2,3)29-19(28)26-10-5-4-9-16(26)17(27)23-18-22-13-25(24-18)12-14-7-6-8-15(21)11-14/h6-8,11,13,16H,4-5,9-10,12H2,1-3H3,(H,23,24,27)/t16-/m1/s1. The van der Waals surface area contributed by atoms with E-state index in [0.717, 1.165) is 22.9 Å². The molecule has 29 heavy (non-hydrogen) atoms. The van der Waals surface area contributed by atoms with Gasteiger partial charge in [0.05, 0.1) is 6.54 Å². The van der Waals surface area contributed by atoms with E-state index in [-0.39, 0.29) is 11.9 Å². The molecule has 1 aromatic carbocycles. The van der Waals surface area contributed by atoms with Crippen LogP contribution in [0.1, 0.15) is 45.6 Å². The van der Waals surface area contributed by atoms with Gasteiger partial charge in [0.25, 0.3) is 0 Å². The number of aromatic nitrogens is 3. The molecule has 0 radical (unpaired) electrons. The summed E-state index contributed by atoms with van der Waals surface area (Å²) in [5.41, 5.74) is 0.452. The summed E-state index contributed by atoms with van der Waals surface area (Å²) in [4.78, 5) is 31.0. The zero-order valence-electron chi connectivity index (χ0n) is 16.9. The van der Waals surface area contributed by atoms with Crippen molar-refractivity contribution in [1.82, 2.24) is 19.7 Å². The molecule has 156 valence electrons. The number of piperidine rings is 1.